The van der Waals surface area contributed by atoms with Gasteiger partial charge in [0.05, 0.1) is 22.4 Å². The van der Waals surface area contributed by atoms with Gasteiger partial charge in [-0.05, 0) is 59.2 Å². The van der Waals surface area contributed by atoms with Crippen molar-refractivity contribution < 1.29 is 39.5 Å². The summed E-state index contributed by atoms with van der Waals surface area (Å²) in [5, 5.41) is 0. The van der Waals surface area contributed by atoms with Crippen molar-refractivity contribution in [2.24, 2.45) is 0 Å². The molecular weight excluding hydrogens is 497 g/mol. The fraction of sp³-hybridized carbons (Fsp3) is 0.115. The van der Waals surface area contributed by atoms with Gasteiger partial charge in [0.15, 0.2) is 0 Å². The summed E-state index contributed by atoms with van der Waals surface area (Å²) in [4.78, 5) is 4.13. The van der Waals surface area contributed by atoms with E-state index in [0.717, 1.165) is 54.6 Å². The lowest BCUT2D eigenvalue weighted by molar-refractivity contribution is -0.138. The Hall–Kier alpha value is -3.82. The summed E-state index contributed by atoms with van der Waals surface area (Å²) >= 11 is 0. The molecule has 0 atom stereocenters. The highest BCUT2D eigenvalue weighted by atomic mass is 19.4. The lowest BCUT2D eigenvalue weighted by Gasteiger charge is -2.18. The van der Waals surface area contributed by atoms with Crippen molar-refractivity contribution >= 4 is 0 Å². The van der Waals surface area contributed by atoms with Gasteiger partial charge in [0, 0.05) is 17.3 Å². The molecule has 1 aromatic heterocycles. The molecule has 0 radical (unpaired) electrons. The molecule has 0 aliphatic heterocycles. The fourth-order valence-electron chi connectivity index (χ4n) is 3.77. The number of benzene rings is 3. The number of alkyl halides is 9. The van der Waals surface area contributed by atoms with Crippen LogP contribution in [0, 0.1) is 0 Å². The van der Waals surface area contributed by atoms with Gasteiger partial charge < -0.3 is 0 Å². The number of hydrogen-bond acceptors (Lipinski definition) is 1. The van der Waals surface area contributed by atoms with Crippen LogP contribution < -0.4 is 0 Å². The molecule has 3 aromatic carbocycles. The Balaban J connectivity index is 2.03. The molecule has 4 rings (SSSR count). The first kappa shape index (κ1) is 25.3. The van der Waals surface area contributed by atoms with Crippen molar-refractivity contribution in [3.63, 3.8) is 0 Å². The van der Waals surface area contributed by atoms with Crippen molar-refractivity contribution in [3.8, 4) is 33.5 Å². The zero-order chi connectivity index (χ0) is 26.3. The van der Waals surface area contributed by atoms with E-state index < -0.39 is 35.2 Å². The number of aromatic nitrogens is 1. The highest BCUT2D eigenvalue weighted by Crippen LogP contribution is 2.43. The summed E-state index contributed by atoms with van der Waals surface area (Å²) in [5.41, 5.74) is -3.25. The van der Waals surface area contributed by atoms with Crippen LogP contribution in [0.4, 0.5) is 39.5 Å². The Morgan fingerprint density at radius 3 is 1.39 bits per heavy atom. The second-order valence-electron chi connectivity index (χ2n) is 7.82. The Bertz CT molecular complexity index is 1320. The molecule has 0 spiro atoms. The highest BCUT2D eigenvalue weighted by Gasteiger charge is 2.33. The summed E-state index contributed by atoms with van der Waals surface area (Å²) in [5.74, 6) is 0. The van der Waals surface area contributed by atoms with Crippen molar-refractivity contribution in [2.75, 3.05) is 0 Å². The first-order valence-corrected chi connectivity index (χ1v) is 10.3. The molecule has 36 heavy (non-hydrogen) atoms. The Kier molecular flexibility index (Phi) is 6.32. The molecule has 0 unspecified atom stereocenters. The molecule has 4 aromatic rings. The average molecular weight is 511 g/mol. The van der Waals surface area contributed by atoms with Crippen LogP contribution in [-0.2, 0) is 18.5 Å². The maximum absolute atomic E-state index is 13.4. The van der Waals surface area contributed by atoms with E-state index in [0.29, 0.717) is 0 Å². The minimum atomic E-state index is -4.73. The standard InChI is InChI=1S/C26H14F9N/c27-24(28,29)18-7-1-4-15(12-18)21-10-11-36-23(17-6-3-9-20(14-17)26(33,34)35)22(21)16-5-2-8-19(13-16)25(30,31)32/h1-14H. The molecule has 1 nitrogen and oxygen atoms in total. The molecule has 0 N–H and O–H groups in total. The average Bonchev–Trinajstić information content (AvgIpc) is 2.82. The minimum absolute atomic E-state index is 0.00728. The fourth-order valence-corrected chi connectivity index (χ4v) is 3.77. The van der Waals surface area contributed by atoms with Crippen LogP contribution in [0.5, 0.6) is 0 Å². The molecule has 0 saturated carbocycles. The Morgan fingerprint density at radius 1 is 0.472 bits per heavy atom. The molecule has 0 aliphatic rings. The molecule has 0 aliphatic carbocycles. The van der Waals surface area contributed by atoms with Crippen LogP contribution in [0.2, 0.25) is 0 Å². The largest absolute Gasteiger partial charge is 0.416 e. The third-order valence-corrected chi connectivity index (χ3v) is 5.39. The molecule has 0 fully saturated rings. The van der Waals surface area contributed by atoms with Crippen LogP contribution in [0.3, 0.4) is 0 Å². The van der Waals surface area contributed by atoms with Gasteiger partial charge in [0.1, 0.15) is 0 Å². The molecule has 0 bridgehead atoms. The molecule has 0 saturated heterocycles. The normalized spacial score (nSPS) is 12.6. The summed E-state index contributed by atoms with van der Waals surface area (Å²) < 4.78 is 120. The van der Waals surface area contributed by atoms with Gasteiger partial charge in [-0.1, -0.05) is 36.4 Å². The second-order valence-corrected chi connectivity index (χ2v) is 7.82. The minimum Gasteiger partial charge on any atom is -0.256 e. The Labute approximate surface area is 198 Å². The second kappa shape index (κ2) is 9.00. The van der Waals surface area contributed by atoms with Gasteiger partial charge in [-0.15, -0.1) is 0 Å². The van der Waals surface area contributed by atoms with Crippen LogP contribution in [0.25, 0.3) is 33.5 Å². The van der Waals surface area contributed by atoms with E-state index in [1.165, 1.54) is 30.5 Å². The Morgan fingerprint density at radius 2 is 0.889 bits per heavy atom. The monoisotopic (exact) mass is 511 g/mol. The van der Waals surface area contributed by atoms with Crippen LogP contribution in [0.15, 0.2) is 85.1 Å². The van der Waals surface area contributed by atoms with Gasteiger partial charge in [-0.3, -0.25) is 4.98 Å². The number of nitrogens with zero attached hydrogens (tertiary/aromatic N) is 1. The number of rotatable bonds is 3. The maximum Gasteiger partial charge on any atom is 0.416 e. The number of pyridine rings is 1. The summed E-state index contributed by atoms with van der Waals surface area (Å²) in [6.45, 7) is 0. The van der Waals surface area contributed by atoms with Crippen molar-refractivity contribution in [1.29, 1.82) is 0 Å². The van der Waals surface area contributed by atoms with E-state index in [1.807, 2.05) is 0 Å². The first-order chi connectivity index (χ1) is 16.7. The van der Waals surface area contributed by atoms with Crippen LogP contribution in [-0.4, -0.2) is 4.98 Å². The quantitative estimate of drug-likeness (QED) is 0.250. The zero-order valence-corrected chi connectivity index (χ0v) is 17.9. The van der Waals surface area contributed by atoms with E-state index in [1.54, 1.807) is 0 Å². The smallest absolute Gasteiger partial charge is 0.256 e. The lowest BCUT2D eigenvalue weighted by Crippen LogP contribution is -2.06. The third kappa shape index (κ3) is 5.22. The molecule has 186 valence electrons. The van der Waals surface area contributed by atoms with Crippen molar-refractivity contribution in [2.45, 2.75) is 18.5 Å². The van der Waals surface area contributed by atoms with E-state index in [-0.39, 0.29) is 33.5 Å². The van der Waals surface area contributed by atoms with E-state index in [4.69, 9.17) is 0 Å². The molecule has 1 heterocycles. The highest BCUT2D eigenvalue weighted by molar-refractivity contribution is 5.93. The van der Waals surface area contributed by atoms with E-state index >= 15 is 0 Å². The van der Waals surface area contributed by atoms with E-state index in [9.17, 15) is 39.5 Å². The lowest BCUT2D eigenvalue weighted by atomic mass is 9.89. The molecule has 10 heteroatoms. The third-order valence-electron chi connectivity index (χ3n) is 5.39. The number of halogens is 9. The molecule has 0 amide bonds. The molecular formula is C26H14F9N. The first-order valence-electron chi connectivity index (χ1n) is 10.3. The summed E-state index contributed by atoms with van der Waals surface area (Å²) in [6, 6.07) is 13.5. The van der Waals surface area contributed by atoms with Gasteiger partial charge in [0.25, 0.3) is 0 Å². The summed E-state index contributed by atoms with van der Waals surface area (Å²) in [7, 11) is 0. The van der Waals surface area contributed by atoms with Crippen LogP contribution in [0.1, 0.15) is 16.7 Å². The van der Waals surface area contributed by atoms with Gasteiger partial charge in [0.2, 0.25) is 0 Å². The topological polar surface area (TPSA) is 12.9 Å². The van der Waals surface area contributed by atoms with Crippen molar-refractivity contribution in [3.05, 3.63) is 102 Å². The zero-order valence-electron chi connectivity index (χ0n) is 17.9. The number of hydrogen-bond donors (Lipinski definition) is 0. The van der Waals surface area contributed by atoms with Crippen LogP contribution >= 0.6 is 0 Å². The van der Waals surface area contributed by atoms with Crippen molar-refractivity contribution in [1.82, 2.24) is 4.98 Å². The van der Waals surface area contributed by atoms with Gasteiger partial charge in [-0.25, -0.2) is 0 Å². The summed E-state index contributed by atoms with van der Waals surface area (Å²) in [6.07, 6.45) is -12.9. The van der Waals surface area contributed by atoms with Gasteiger partial charge in [-0.2, -0.15) is 39.5 Å². The van der Waals surface area contributed by atoms with Gasteiger partial charge >= 0.3 is 18.5 Å². The predicted octanol–water partition coefficient (Wildman–Crippen LogP) is 9.14. The predicted molar refractivity (Wildman–Crippen MR) is 116 cm³/mol. The van der Waals surface area contributed by atoms with E-state index in [2.05, 4.69) is 4.98 Å². The maximum atomic E-state index is 13.4. The SMILES string of the molecule is FC(F)(F)c1cccc(-c2ccnc(-c3cccc(C(F)(F)F)c3)c2-c2cccc(C(F)(F)F)c2)c1.